The summed E-state index contributed by atoms with van der Waals surface area (Å²) < 4.78 is 10.5. The van der Waals surface area contributed by atoms with Gasteiger partial charge < -0.3 is 14.5 Å². The number of methoxy groups -OCH3 is 2. The van der Waals surface area contributed by atoms with Crippen LogP contribution >= 0.6 is 0 Å². The van der Waals surface area contributed by atoms with Crippen molar-refractivity contribution in [3.8, 4) is 11.5 Å². The second-order valence-electron chi connectivity index (χ2n) is 3.72. The van der Waals surface area contributed by atoms with Crippen LogP contribution in [0.15, 0.2) is 30.6 Å². The number of aromatic amines is 1. The summed E-state index contributed by atoms with van der Waals surface area (Å²) in [4.78, 5) is 7.22. The predicted octanol–water partition coefficient (Wildman–Crippen LogP) is 0.980. The van der Waals surface area contributed by atoms with Gasteiger partial charge in [0.2, 0.25) is 0 Å². The smallest absolute Gasteiger partial charge is 0.129 e. The van der Waals surface area contributed by atoms with Gasteiger partial charge in [-0.15, -0.1) is 0 Å². The summed E-state index contributed by atoms with van der Waals surface area (Å²) in [6.45, 7) is 0. The molecule has 18 heavy (non-hydrogen) atoms. The summed E-state index contributed by atoms with van der Waals surface area (Å²) in [6, 6.07) is 5.33. The summed E-state index contributed by atoms with van der Waals surface area (Å²) >= 11 is 0. The fourth-order valence-electron chi connectivity index (χ4n) is 1.76. The Kier molecular flexibility index (Phi) is 3.81. The van der Waals surface area contributed by atoms with Crippen molar-refractivity contribution < 1.29 is 9.47 Å². The number of benzene rings is 1. The fraction of sp³-hybridized carbons (Fsp3) is 0.250. The van der Waals surface area contributed by atoms with E-state index in [9.17, 15) is 0 Å². The third-order valence-corrected chi connectivity index (χ3v) is 2.67. The van der Waals surface area contributed by atoms with Crippen molar-refractivity contribution in [1.82, 2.24) is 15.4 Å². The summed E-state index contributed by atoms with van der Waals surface area (Å²) in [6.07, 6.45) is 3.42. The van der Waals surface area contributed by atoms with Gasteiger partial charge in [0.15, 0.2) is 0 Å². The monoisotopic (exact) mass is 248 g/mol. The van der Waals surface area contributed by atoms with Crippen molar-refractivity contribution in [2.75, 3.05) is 14.2 Å². The van der Waals surface area contributed by atoms with E-state index in [0.717, 1.165) is 11.4 Å². The molecule has 6 nitrogen and oxygen atoms in total. The normalized spacial score (nSPS) is 12.2. The van der Waals surface area contributed by atoms with Crippen LogP contribution in [0.5, 0.6) is 11.5 Å². The molecule has 1 aromatic carbocycles. The molecule has 0 saturated carbocycles. The number of aromatic nitrogens is 2. The number of H-pyrrole nitrogens is 1. The van der Waals surface area contributed by atoms with Gasteiger partial charge in [0.25, 0.3) is 0 Å². The van der Waals surface area contributed by atoms with Crippen LogP contribution in [0.1, 0.15) is 17.4 Å². The van der Waals surface area contributed by atoms with Crippen LogP contribution in [-0.2, 0) is 0 Å². The van der Waals surface area contributed by atoms with Crippen molar-refractivity contribution in [2.24, 2.45) is 5.84 Å². The molecule has 1 heterocycles. The Bertz CT molecular complexity index is 477. The minimum Gasteiger partial charge on any atom is -0.497 e. The lowest BCUT2D eigenvalue weighted by atomic mass is 10.1. The van der Waals surface area contributed by atoms with Gasteiger partial charge in [-0.2, -0.15) is 0 Å². The Morgan fingerprint density at radius 1 is 1.22 bits per heavy atom. The van der Waals surface area contributed by atoms with E-state index in [2.05, 4.69) is 15.4 Å². The van der Waals surface area contributed by atoms with Crippen LogP contribution in [0.4, 0.5) is 0 Å². The van der Waals surface area contributed by atoms with Gasteiger partial charge in [0, 0.05) is 18.5 Å². The van der Waals surface area contributed by atoms with Crippen LogP contribution in [-0.4, -0.2) is 24.2 Å². The van der Waals surface area contributed by atoms with Crippen molar-refractivity contribution in [3.05, 3.63) is 42.0 Å². The van der Waals surface area contributed by atoms with Crippen molar-refractivity contribution in [3.63, 3.8) is 0 Å². The van der Waals surface area contributed by atoms with E-state index >= 15 is 0 Å². The number of nitrogens with two attached hydrogens (primary N) is 1. The van der Waals surface area contributed by atoms with Gasteiger partial charge in [0.05, 0.1) is 14.2 Å². The summed E-state index contributed by atoms with van der Waals surface area (Å²) in [7, 11) is 3.21. The Labute approximate surface area is 105 Å². The third-order valence-electron chi connectivity index (χ3n) is 2.67. The molecule has 1 aromatic heterocycles. The highest BCUT2D eigenvalue weighted by Gasteiger charge is 2.16. The highest BCUT2D eigenvalue weighted by molar-refractivity contribution is 5.41. The number of nitrogens with one attached hydrogen (secondary N) is 2. The molecular formula is C12H16N4O2. The first-order valence-electron chi connectivity index (χ1n) is 5.47. The van der Waals surface area contributed by atoms with E-state index < -0.39 is 0 Å². The number of hydrogen-bond acceptors (Lipinski definition) is 5. The average Bonchev–Trinajstić information content (AvgIpc) is 2.93. The Hall–Kier alpha value is -2.05. The van der Waals surface area contributed by atoms with Crippen molar-refractivity contribution in [1.29, 1.82) is 0 Å². The fourth-order valence-corrected chi connectivity index (χ4v) is 1.76. The quantitative estimate of drug-likeness (QED) is 0.542. The molecular weight excluding hydrogens is 232 g/mol. The van der Waals surface area contributed by atoms with E-state index in [1.54, 1.807) is 32.7 Å². The highest BCUT2D eigenvalue weighted by atomic mass is 16.5. The molecule has 0 bridgehead atoms. The first-order valence-corrected chi connectivity index (χ1v) is 5.47. The number of hydrogen-bond donors (Lipinski definition) is 3. The number of rotatable bonds is 5. The predicted molar refractivity (Wildman–Crippen MR) is 67.3 cm³/mol. The number of ether oxygens (including phenoxy) is 2. The first-order chi connectivity index (χ1) is 8.78. The van der Waals surface area contributed by atoms with Crippen LogP contribution in [0.3, 0.4) is 0 Å². The third kappa shape index (κ3) is 2.44. The molecule has 2 aromatic rings. The zero-order valence-electron chi connectivity index (χ0n) is 10.3. The summed E-state index contributed by atoms with van der Waals surface area (Å²) in [5, 5.41) is 0. The molecule has 0 aliphatic heterocycles. The minimum absolute atomic E-state index is 0.246. The molecule has 2 rings (SSSR count). The van der Waals surface area contributed by atoms with Crippen molar-refractivity contribution >= 4 is 0 Å². The molecule has 0 amide bonds. The maximum absolute atomic E-state index is 5.59. The minimum atomic E-state index is -0.246. The molecule has 0 fully saturated rings. The molecule has 4 N–H and O–H groups in total. The van der Waals surface area contributed by atoms with Gasteiger partial charge in [-0.25, -0.2) is 10.4 Å². The summed E-state index contributed by atoms with van der Waals surface area (Å²) in [5.74, 6) is 7.73. The number of nitrogens with zero attached hydrogens (tertiary/aromatic N) is 1. The molecule has 1 unspecified atom stereocenters. The second kappa shape index (κ2) is 5.52. The molecule has 6 heteroatoms. The lowest BCUT2D eigenvalue weighted by Gasteiger charge is -2.16. The molecule has 0 aliphatic rings. The lowest BCUT2D eigenvalue weighted by Crippen LogP contribution is -2.29. The Balaban J connectivity index is 2.41. The maximum atomic E-state index is 5.59. The van der Waals surface area contributed by atoms with E-state index in [-0.39, 0.29) is 6.04 Å². The Morgan fingerprint density at radius 3 is 2.33 bits per heavy atom. The van der Waals surface area contributed by atoms with E-state index in [1.807, 2.05) is 12.1 Å². The van der Waals surface area contributed by atoms with Crippen LogP contribution in [0.25, 0.3) is 0 Å². The van der Waals surface area contributed by atoms with E-state index in [4.69, 9.17) is 15.3 Å². The molecule has 0 radical (unpaired) electrons. The first kappa shape index (κ1) is 12.4. The Morgan fingerprint density at radius 2 is 1.89 bits per heavy atom. The SMILES string of the molecule is COc1cc(OC)cc(C(NN)c2ncc[nH]2)c1. The van der Waals surface area contributed by atoms with Crippen molar-refractivity contribution in [2.45, 2.75) is 6.04 Å². The van der Waals surface area contributed by atoms with Gasteiger partial charge in [0.1, 0.15) is 23.4 Å². The standard InChI is InChI=1S/C12H16N4O2/c1-17-9-5-8(6-10(7-9)18-2)11(16-13)12-14-3-4-15-12/h3-7,11,16H,13H2,1-2H3,(H,14,15). The largest absolute Gasteiger partial charge is 0.497 e. The van der Waals surface area contributed by atoms with E-state index in [1.165, 1.54) is 0 Å². The van der Waals surface area contributed by atoms with Gasteiger partial charge >= 0.3 is 0 Å². The molecule has 0 spiro atoms. The number of hydrazine groups is 1. The van der Waals surface area contributed by atoms with Crippen LogP contribution in [0, 0.1) is 0 Å². The molecule has 96 valence electrons. The molecule has 0 aliphatic carbocycles. The zero-order valence-corrected chi connectivity index (χ0v) is 10.3. The molecule has 0 saturated heterocycles. The van der Waals surface area contributed by atoms with Crippen LogP contribution in [0.2, 0.25) is 0 Å². The summed E-state index contributed by atoms with van der Waals surface area (Å²) in [5.41, 5.74) is 3.62. The number of imidazole rings is 1. The average molecular weight is 248 g/mol. The van der Waals surface area contributed by atoms with Gasteiger partial charge in [-0.05, 0) is 17.7 Å². The lowest BCUT2D eigenvalue weighted by molar-refractivity contribution is 0.392. The topological polar surface area (TPSA) is 85.2 Å². The molecule has 1 atom stereocenters. The second-order valence-corrected chi connectivity index (χ2v) is 3.72. The highest BCUT2D eigenvalue weighted by Crippen LogP contribution is 2.28. The zero-order chi connectivity index (χ0) is 13.0. The maximum Gasteiger partial charge on any atom is 0.129 e. The van der Waals surface area contributed by atoms with E-state index in [0.29, 0.717) is 11.5 Å². The van der Waals surface area contributed by atoms with Crippen LogP contribution < -0.4 is 20.7 Å². The van der Waals surface area contributed by atoms with Gasteiger partial charge in [-0.3, -0.25) is 5.84 Å². The van der Waals surface area contributed by atoms with Gasteiger partial charge in [-0.1, -0.05) is 0 Å².